The van der Waals surface area contributed by atoms with E-state index >= 15 is 0 Å². The number of carbonyl (C=O) groups excluding carboxylic acids is 2. The topological polar surface area (TPSA) is 49.4 Å². The number of hydrogen-bond donors (Lipinski definition) is 1. The SMILES string of the molecule is O=C1CN(c2cccc(F)c2)C(=O)C(C2CCCCC2)N1. The number of amides is 2. The van der Waals surface area contributed by atoms with E-state index in [0.29, 0.717) is 5.69 Å². The Bertz CT molecular complexity index is 555. The standard InChI is InChI=1S/C16H19FN2O2/c17-12-7-4-8-13(9-12)19-10-14(20)18-15(16(19)21)11-5-2-1-3-6-11/h4,7-9,11,15H,1-3,5-6,10H2,(H,18,20). The fraction of sp³-hybridized carbons (Fsp3) is 0.500. The molecule has 3 rings (SSSR count). The molecule has 112 valence electrons. The second kappa shape index (κ2) is 5.84. The number of halogens is 1. The normalized spacial score (nSPS) is 24.0. The molecule has 1 atom stereocenters. The van der Waals surface area contributed by atoms with Gasteiger partial charge in [-0.15, -0.1) is 0 Å². The molecule has 0 bridgehead atoms. The highest BCUT2D eigenvalue weighted by molar-refractivity contribution is 6.06. The lowest BCUT2D eigenvalue weighted by molar-refractivity contribution is -0.132. The first-order valence-corrected chi connectivity index (χ1v) is 7.51. The highest BCUT2D eigenvalue weighted by atomic mass is 19.1. The summed E-state index contributed by atoms with van der Waals surface area (Å²) in [7, 11) is 0. The van der Waals surface area contributed by atoms with Crippen LogP contribution in [0.3, 0.4) is 0 Å². The van der Waals surface area contributed by atoms with Crippen LogP contribution in [0.15, 0.2) is 24.3 Å². The summed E-state index contributed by atoms with van der Waals surface area (Å²) in [6, 6.07) is 5.39. The molecule has 0 aromatic heterocycles. The van der Waals surface area contributed by atoms with E-state index in [2.05, 4.69) is 5.32 Å². The molecule has 2 fully saturated rings. The summed E-state index contributed by atoms with van der Waals surface area (Å²) in [6.07, 6.45) is 5.33. The van der Waals surface area contributed by atoms with Crippen LogP contribution in [0.5, 0.6) is 0 Å². The van der Waals surface area contributed by atoms with Gasteiger partial charge >= 0.3 is 0 Å². The van der Waals surface area contributed by atoms with E-state index in [1.165, 1.54) is 23.5 Å². The van der Waals surface area contributed by atoms with Crippen LogP contribution < -0.4 is 10.2 Å². The Hall–Kier alpha value is -1.91. The van der Waals surface area contributed by atoms with Crippen LogP contribution in [-0.2, 0) is 9.59 Å². The van der Waals surface area contributed by atoms with E-state index in [0.717, 1.165) is 25.7 Å². The maximum Gasteiger partial charge on any atom is 0.250 e. The van der Waals surface area contributed by atoms with Crippen molar-refractivity contribution < 1.29 is 14.0 Å². The molecule has 0 spiro atoms. The minimum Gasteiger partial charge on any atom is -0.342 e. The molecule has 5 heteroatoms. The fourth-order valence-electron chi connectivity index (χ4n) is 3.32. The molecule has 2 amide bonds. The molecule has 1 aliphatic heterocycles. The molecule has 1 saturated carbocycles. The first-order chi connectivity index (χ1) is 10.1. The predicted octanol–water partition coefficient (Wildman–Crippen LogP) is 2.24. The van der Waals surface area contributed by atoms with Crippen LogP contribution in [0, 0.1) is 11.7 Å². The second-order valence-electron chi connectivity index (χ2n) is 5.85. The summed E-state index contributed by atoms with van der Waals surface area (Å²) in [5.41, 5.74) is 0.454. The minimum atomic E-state index is -0.463. The van der Waals surface area contributed by atoms with Gasteiger partial charge in [-0.3, -0.25) is 9.59 Å². The maximum atomic E-state index is 13.4. The summed E-state index contributed by atoms with van der Waals surface area (Å²) in [5.74, 6) is -0.492. The number of anilines is 1. The maximum absolute atomic E-state index is 13.4. The van der Waals surface area contributed by atoms with Crippen LogP contribution >= 0.6 is 0 Å². The van der Waals surface area contributed by atoms with Crippen molar-refractivity contribution in [3.05, 3.63) is 30.1 Å². The zero-order valence-corrected chi connectivity index (χ0v) is 11.8. The van der Waals surface area contributed by atoms with Gasteiger partial charge in [-0.05, 0) is 37.0 Å². The van der Waals surface area contributed by atoms with Gasteiger partial charge in [0.05, 0.1) is 0 Å². The van der Waals surface area contributed by atoms with Gasteiger partial charge in [-0.2, -0.15) is 0 Å². The van der Waals surface area contributed by atoms with Gasteiger partial charge in [0.1, 0.15) is 18.4 Å². The van der Waals surface area contributed by atoms with E-state index in [4.69, 9.17) is 0 Å². The van der Waals surface area contributed by atoms with Crippen LogP contribution in [-0.4, -0.2) is 24.4 Å². The van der Waals surface area contributed by atoms with Gasteiger partial charge in [0.2, 0.25) is 11.8 Å². The largest absolute Gasteiger partial charge is 0.342 e. The molecule has 1 N–H and O–H groups in total. The quantitative estimate of drug-likeness (QED) is 0.908. The van der Waals surface area contributed by atoms with Crippen molar-refractivity contribution >= 4 is 17.5 Å². The summed E-state index contributed by atoms with van der Waals surface area (Å²) in [6.45, 7) is -0.0362. The van der Waals surface area contributed by atoms with E-state index < -0.39 is 11.9 Å². The number of rotatable bonds is 2. The second-order valence-corrected chi connectivity index (χ2v) is 5.85. The van der Waals surface area contributed by atoms with Gasteiger partial charge < -0.3 is 10.2 Å². The molecular weight excluding hydrogens is 271 g/mol. The molecule has 0 radical (unpaired) electrons. The number of piperazine rings is 1. The molecular formula is C16H19FN2O2. The fourth-order valence-corrected chi connectivity index (χ4v) is 3.32. The van der Waals surface area contributed by atoms with Gasteiger partial charge in [0.15, 0.2) is 0 Å². The van der Waals surface area contributed by atoms with Crippen molar-refractivity contribution in [2.24, 2.45) is 5.92 Å². The minimum absolute atomic E-state index is 0.0362. The van der Waals surface area contributed by atoms with Crippen molar-refractivity contribution in [2.75, 3.05) is 11.4 Å². The summed E-state index contributed by atoms with van der Waals surface area (Å²) in [5, 5.41) is 2.83. The Labute approximate surface area is 123 Å². The number of nitrogens with zero attached hydrogens (tertiary/aromatic N) is 1. The average molecular weight is 290 g/mol. The summed E-state index contributed by atoms with van der Waals surface area (Å²) < 4.78 is 13.4. The molecule has 1 aromatic carbocycles. The molecule has 2 aliphatic rings. The third-order valence-corrected chi connectivity index (χ3v) is 4.39. The third kappa shape index (κ3) is 2.91. The number of benzene rings is 1. The third-order valence-electron chi connectivity index (χ3n) is 4.39. The van der Waals surface area contributed by atoms with E-state index in [1.54, 1.807) is 12.1 Å². The van der Waals surface area contributed by atoms with E-state index in [9.17, 15) is 14.0 Å². The van der Waals surface area contributed by atoms with Crippen LogP contribution in [0.25, 0.3) is 0 Å². The first kappa shape index (κ1) is 14.0. The zero-order chi connectivity index (χ0) is 14.8. The van der Waals surface area contributed by atoms with Gasteiger partial charge in [0.25, 0.3) is 0 Å². The Morgan fingerprint density at radius 2 is 1.90 bits per heavy atom. The molecule has 4 nitrogen and oxygen atoms in total. The molecule has 1 saturated heterocycles. The number of nitrogens with one attached hydrogen (secondary N) is 1. The molecule has 1 heterocycles. The van der Waals surface area contributed by atoms with Crippen molar-refractivity contribution in [1.82, 2.24) is 5.32 Å². The van der Waals surface area contributed by atoms with Crippen LogP contribution in [0.2, 0.25) is 0 Å². The average Bonchev–Trinajstić information content (AvgIpc) is 2.50. The Morgan fingerprint density at radius 3 is 2.62 bits per heavy atom. The lowest BCUT2D eigenvalue weighted by Gasteiger charge is -2.37. The van der Waals surface area contributed by atoms with Crippen molar-refractivity contribution in [3.63, 3.8) is 0 Å². The highest BCUT2D eigenvalue weighted by Crippen LogP contribution is 2.29. The van der Waals surface area contributed by atoms with E-state index in [-0.39, 0.29) is 24.3 Å². The van der Waals surface area contributed by atoms with Crippen LogP contribution in [0.1, 0.15) is 32.1 Å². The molecule has 1 aliphatic carbocycles. The Kier molecular flexibility index (Phi) is 3.90. The van der Waals surface area contributed by atoms with Crippen molar-refractivity contribution in [3.8, 4) is 0 Å². The van der Waals surface area contributed by atoms with Crippen molar-refractivity contribution in [2.45, 2.75) is 38.1 Å². The Balaban J connectivity index is 1.84. The molecule has 1 unspecified atom stereocenters. The number of carbonyl (C=O) groups is 2. The predicted molar refractivity (Wildman–Crippen MR) is 77.3 cm³/mol. The number of hydrogen-bond acceptors (Lipinski definition) is 2. The smallest absolute Gasteiger partial charge is 0.250 e. The molecule has 21 heavy (non-hydrogen) atoms. The first-order valence-electron chi connectivity index (χ1n) is 7.51. The monoisotopic (exact) mass is 290 g/mol. The lowest BCUT2D eigenvalue weighted by atomic mass is 9.82. The van der Waals surface area contributed by atoms with E-state index in [1.807, 2.05) is 0 Å². The van der Waals surface area contributed by atoms with Gasteiger partial charge in [0, 0.05) is 5.69 Å². The summed E-state index contributed by atoms with van der Waals surface area (Å²) in [4.78, 5) is 26.0. The summed E-state index contributed by atoms with van der Waals surface area (Å²) >= 11 is 0. The zero-order valence-electron chi connectivity index (χ0n) is 11.8. The van der Waals surface area contributed by atoms with Gasteiger partial charge in [-0.25, -0.2) is 4.39 Å². The highest BCUT2D eigenvalue weighted by Gasteiger charge is 2.38. The molecule has 1 aromatic rings. The van der Waals surface area contributed by atoms with Gasteiger partial charge in [-0.1, -0.05) is 25.3 Å². The van der Waals surface area contributed by atoms with Crippen molar-refractivity contribution in [1.29, 1.82) is 0 Å². The van der Waals surface area contributed by atoms with Crippen LogP contribution in [0.4, 0.5) is 10.1 Å². The lowest BCUT2D eigenvalue weighted by Crippen LogP contribution is -2.61. The Morgan fingerprint density at radius 1 is 1.14 bits per heavy atom.